The van der Waals surface area contributed by atoms with Crippen molar-refractivity contribution in [3.8, 4) is 0 Å². The second-order valence-corrected chi connectivity index (χ2v) is 4.37. The number of nitro groups is 1. The summed E-state index contributed by atoms with van der Waals surface area (Å²) in [7, 11) is 0. The van der Waals surface area contributed by atoms with Gasteiger partial charge in [0.1, 0.15) is 5.02 Å². The van der Waals surface area contributed by atoms with Gasteiger partial charge in [0.05, 0.1) is 10.3 Å². The molecule has 0 saturated carbocycles. The van der Waals surface area contributed by atoms with Gasteiger partial charge in [-0.3, -0.25) is 10.1 Å². The number of nitrogens with zero attached hydrogens (tertiary/aromatic N) is 1. The van der Waals surface area contributed by atoms with Gasteiger partial charge in [-0.2, -0.15) is 0 Å². The molecule has 0 bridgehead atoms. The minimum atomic E-state index is -0.399. The maximum absolute atomic E-state index is 11.0. The molecule has 4 heteroatoms. The largest absolute Gasteiger partial charge is 0.295 e. The Labute approximate surface area is 96.8 Å². The van der Waals surface area contributed by atoms with Crippen LogP contribution in [0.3, 0.4) is 0 Å². The first-order chi connectivity index (χ1) is 7.68. The van der Waals surface area contributed by atoms with Crippen LogP contribution in [0.4, 0.5) is 5.69 Å². The molecule has 1 aliphatic carbocycles. The summed E-state index contributed by atoms with van der Waals surface area (Å²) in [6.07, 6.45) is 1.87. The van der Waals surface area contributed by atoms with E-state index in [0.717, 1.165) is 23.8 Å². The van der Waals surface area contributed by atoms with Crippen molar-refractivity contribution in [3.05, 3.63) is 50.5 Å². The van der Waals surface area contributed by atoms with E-state index in [-0.39, 0.29) is 10.7 Å². The summed E-state index contributed by atoms with van der Waals surface area (Å²) in [5.41, 5.74) is 2.35. The Hall–Kier alpha value is -1.61. The summed E-state index contributed by atoms with van der Waals surface area (Å²) >= 11 is 5.96. The number of hydrogen-bond acceptors (Lipinski definition) is 2. The van der Waals surface area contributed by atoms with Crippen molar-refractivity contribution >= 4 is 28.1 Å². The van der Waals surface area contributed by atoms with Gasteiger partial charge in [0, 0.05) is 0 Å². The highest BCUT2D eigenvalue weighted by Gasteiger charge is 2.24. The fourth-order valence-corrected chi connectivity index (χ4v) is 2.76. The first kappa shape index (κ1) is 9.60. The monoisotopic (exact) mass is 233 g/mol. The lowest BCUT2D eigenvalue weighted by Gasteiger charge is -2.04. The third-order valence-electron chi connectivity index (χ3n) is 3.10. The van der Waals surface area contributed by atoms with Crippen LogP contribution in [0.25, 0.3) is 10.8 Å². The fraction of sp³-hybridized carbons (Fsp3) is 0.167. The number of benzene rings is 2. The predicted molar refractivity (Wildman–Crippen MR) is 63.0 cm³/mol. The predicted octanol–water partition coefficient (Wildman–Crippen LogP) is 3.50. The van der Waals surface area contributed by atoms with Crippen molar-refractivity contribution in [1.82, 2.24) is 0 Å². The van der Waals surface area contributed by atoms with Gasteiger partial charge in [-0.25, -0.2) is 0 Å². The van der Waals surface area contributed by atoms with Gasteiger partial charge in [-0.1, -0.05) is 23.7 Å². The van der Waals surface area contributed by atoms with Crippen LogP contribution >= 0.6 is 11.6 Å². The third kappa shape index (κ3) is 1.15. The van der Waals surface area contributed by atoms with Crippen LogP contribution in [0.1, 0.15) is 11.1 Å². The molecule has 3 nitrogen and oxygen atoms in total. The van der Waals surface area contributed by atoms with Gasteiger partial charge in [-0.05, 0) is 41.5 Å². The topological polar surface area (TPSA) is 43.1 Å². The average molecular weight is 234 g/mol. The summed E-state index contributed by atoms with van der Waals surface area (Å²) in [5.74, 6) is 0. The molecule has 0 spiro atoms. The maximum atomic E-state index is 11.0. The van der Waals surface area contributed by atoms with Crippen LogP contribution in [0.2, 0.25) is 5.02 Å². The lowest BCUT2D eigenvalue weighted by Crippen LogP contribution is -1.92. The standard InChI is InChI=1S/C12H8ClNO2/c13-10-6-8-5-4-7-2-1-3-9(11(7)8)12(10)14(15)16/h1-3,6H,4-5H2. The number of aryl methyl sites for hydroxylation is 2. The van der Waals surface area contributed by atoms with Gasteiger partial charge in [-0.15, -0.1) is 0 Å². The zero-order chi connectivity index (χ0) is 11.3. The molecule has 3 rings (SSSR count). The molecule has 1 aliphatic rings. The molecule has 0 radical (unpaired) electrons. The molecule has 0 N–H and O–H groups in total. The van der Waals surface area contributed by atoms with E-state index in [4.69, 9.17) is 11.6 Å². The van der Waals surface area contributed by atoms with Crippen LogP contribution in [0.15, 0.2) is 24.3 Å². The normalized spacial score (nSPS) is 13.3. The summed E-state index contributed by atoms with van der Waals surface area (Å²) in [5, 5.41) is 12.9. The first-order valence-corrected chi connectivity index (χ1v) is 5.43. The molecule has 0 atom stereocenters. The first-order valence-electron chi connectivity index (χ1n) is 5.06. The van der Waals surface area contributed by atoms with Crippen molar-refractivity contribution in [2.24, 2.45) is 0 Å². The van der Waals surface area contributed by atoms with Gasteiger partial charge in [0.2, 0.25) is 0 Å². The summed E-state index contributed by atoms with van der Waals surface area (Å²) in [6, 6.07) is 7.39. The van der Waals surface area contributed by atoms with E-state index in [0.29, 0.717) is 5.39 Å². The van der Waals surface area contributed by atoms with E-state index < -0.39 is 4.92 Å². The van der Waals surface area contributed by atoms with Crippen molar-refractivity contribution in [1.29, 1.82) is 0 Å². The zero-order valence-corrected chi connectivity index (χ0v) is 9.12. The molecule has 0 aliphatic heterocycles. The van der Waals surface area contributed by atoms with E-state index in [1.807, 2.05) is 12.1 Å². The average Bonchev–Trinajstić information content (AvgIpc) is 2.62. The Bertz CT molecular complexity index is 622. The molecule has 0 saturated heterocycles. The second-order valence-electron chi connectivity index (χ2n) is 3.96. The molecule has 0 amide bonds. The summed E-state index contributed by atoms with van der Waals surface area (Å²) in [4.78, 5) is 10.6. The molecule has 0 aromatic heterocycles. The molecule has 0 heterocycles. The highest BCUT2D eigenvalue weighted by atomic mass is 35.5. The van der Waals surface area contributed by atoms with Gasteiger partial charge < -0.3 is 0 Å². The highest BCUT2D eigenvalue weighted by molar-refractivity contribution is 6.34. The van der Waals surface area contributed by atoms with Crippen molar-refractivity contribution in [2.75, 3.05) is 0 Å². The van der Waals surface area contributed by atoms with Crippen LogP contribution < -0.4 is 0 Å². The quantitative estimate of drug-likeness (QED) is 0.559. The lowest BCUT2D eigenvalue weighted by molar-refractivity contribution is -0.382. The molecule has 0 unspecified atom stereocenters. The number of hydrogen-bond donors (Lipinski definition) is 0. The van der Waals surface area contributed by atoms with Crippen molar-refractivity contribution in [2.45, 2.75) is 12.8 Å². The number of rotatable bonds is 1. The zero-order valence-electron chi connectivity index (χ0n) is 8.37. The lowest BCUT2D eigenvalue weighted by atomic mass is 10.0. The summed E-state index contributed by atoms with van der Waals surface area (Å²) < 4.78 is 0. The minimum Gasteiger partial charge on any atom is -0.258 e. The Morgan fingerprint density at radius 1 is 1.25 bits per heavy atom. The fourth-order valence-electron chi connectivity index (χ4n) is 2.46. The van der Waals surface area contributed by atoms with E-state index in [2.05, 4.69) is 0 Å². The Kier molecular flexibility index (Phi) is 1.91. The Balaban J connectivity index is 2.53. The van der Waals surface area contributed by atoms with E-state index in [1.165, 1.54) is 5.56 Å². The smallest absolute Gasteiger partial charge is 0.258 e. The van der Waals surface area contributed by atoms with Crippen LogP contribution in [0.5, 0.6) is 0 Å². The molecular formula is C12H8ClNO2. The van der Waals surface area contributed by atoms with Gasteiger partial charge >= 0.3 is 0 Å². The third-order valence-corrected chi connectivity index (χ3v) is 3.39. The molecule has 2 aromatic rings. The van der Waals surface area contributed by atoms with Crippen LogP contribution in [-0.4, -0.2) is 4.92 Å². The summed E-state index contributed by atoms with van der Waals surface area (Å²) in [6.45, 7) is 0. The molecule has 0 fully saturated rings. The number of nitro benzene ring substituents is 1. The molecule has 16 heavy (non-hydrogen) atoms. The van der Waals surface area contributed by atoms with Crippen molar-refractivity contribution < 1.29 is 4.92 Å². The molecule has 2 aromatic carbocycles. The van der Waals surface area contributed by atoms with Gasteiger partial charge in [0.15, 0.2) is 0 Å². The van der Waals surface area contributed by atoms with Crippen molar-refractivity contribution in [3.63, 3.8) is 0 Å². The molecular weight excluding hydrogens is 226 g/mol. The highest BCUT2D eigenvalue weighted by Crippen LogP contribution is 2.40. The molecule has 80 valence electrons. The van der Waals surface area contributed by atoms with Crippen LogP contribution in [-0.2, 0) is 12.8 Å². The second kappa shape index (κ2) is 3.19. The maximum Gasteiger partial charge on any atom is 0.295 e. The van der Waals surface area contributed by atoms with Crippen LogP contribution in [0, 0.1) is 10.1 Å². The van der Waals surface area contributed by atoms with Gasteiger partial charge in [0.25, 0.3) is 5.69 Å². The van der Waals surface area contributed by atoms with E-state index in [9.17, 15) is 10.1 Å². The minimum absolute atomic E-state index is 0.0316. The number of halogens is 1. The Morgan fingerprint density at radius 2 is 2.00 bits per heavy atom. The SMILES string of the molecule is O=[N+]([O-])c1c(Cl)cc2c3c(cccc13)CC2. The Morgan fingerprint density at radius 3 is 2.75 bits per heavy atom. The van der Waals surface area contributed by atoms with E-state index >= 15 is 0 Å². The van der Waals surface area contributed by atoms with E-state index in [1.54, 1.807) is 12.1 Å².